The first kappa shape index (κ1) is 17.6. The Bertz CT molecular complexity index is 997. The average Bonchev–Trinajstić information content (AvgIpc) is 2.68. The van der Waals surface area contributed by atoms with Gasteiger partial charge in [0.15, 0.2) is 0 Å². The Morgan fingerprint density at radius 2 is 1.93 bits per heavy atom. The molecule has 5 nitrogen and oxygen atoms in total. The minimum atomic E-state index is 0.0921. The zero-order valence-electron chi connectivity index (χ0n) is 16.1. The highest BCUT2D eigenvalue weighted by Crippen LogP contribution is 2.29. The van der Waals surface area contributed by atoms with Crippen molar-refractivity contribution in [1.82, 2.24) is 19.9 Å². The number of nitrogens with zero attached hydrogens (tertiary/aromatic N) is 4. The molecule has 1 atom stereocenters. The van der Waals surface area contributed by atoms with Gasteiger partial charge < -0.3 is 4.90 Å². The minimum Gasteiger partial charge on any atom is -0.336 e. The molecule has 0 bridgehead atoms. The third-order valence-electron chi connectivity index (χ3n) is 5.41. The molecule has 2 aromatic heterocycles. The number of para-hydroxylation sites is 1. The Morgan fingerprint density at radius 1 is 1.15 bits per heavy atom. The van der Waals surface area contributed by atoms with Crippen LogP contribution in [-0.2, 0) is 0 Å². The summed E-state index contributed by atoms with van der Waals surface area (Å²) in [6, 6.07) is 8.18. The summed E-state index contributed by atoms with van der Waals surface area (Å²) < 4.78 is 0. The van der Waals surface area contributed by atoms with E-state index in [2.05, 4.69) is 16.9 Å². The maximum Gasteiger partial charge on any atom is 0.254 e. The molecule has 0 aliphatic carbocycles. The topological polar surface area (TPSA) is 59.0 Å². The second-order valence-corrected chi connectivity index (χ2v) is 7.39. The van der Waals surface area contributed by atoms with Crippen LogP contribution in [0.25, 0.3) is 22.2 Å². The smallest absolute Gasteiger partial charge is 0.254 e. The Hall–Kier alpha value is -2.82. The number of hydrogen-bond acceptors (Lipinski definition) is 4. The van der Waals surface area contributed by atoms with Gasteiger partial charge in [-0.05, 0) is 51.7 Å². The second kappa shape index (κ2) is 7.06. The lowest BCUT2D eigenvalue weighted by atomic mass is 9.98. The molecule has 0 N–H and O–H groups in total. The number of hydrogen-bond donors (Lipinski definition) is 0. The Labute approximate surface area is 159 Å². The highest BCUT2D eigenvalue weighted by atomic mass is 16.2. The van der Waals surface area contributed by atoms with Crippen LogP contribution < -0.4 is 0 Å². The number of fused-ring (bicyclic) bond motifs is 1. The summed E-state index contributed by atoms with van der Waals surface area (Å²) >= 11 is 0. The van der Waals surface area contributed by atoms with Crippen LogP contribution in [0.3, 0.4) is 0 Å². The van der Waals surface area contributed by atoms with Gasteiger partial charge in [0, 0.05) is 35.9 Å². The summed E-state index contributed by atoms with van der Waals surface area (Å²) in [5.74, 6) is 0.809. The van der Waals surface area contributed by atoms with E-state index in [4.69, 9.17) is 4.98 Å². The van der Waals surface area contributed by atoms with Gasteiger partial charge in [-0.2, -0.15) is 0 Å². The molecule has 5 heteroatoms. The molecule has 27 heavy (non-hydrogen) atoms. The zero-order chi connectivity index (χ0) is 19.0. The predicted octanol–water partition coefficient (Wildman–Crippen LogP) is 4.32. The number of amides is 1. The molecule has 1 fully saturated rings. The highest BCUT2D eigenvalue weighted by Gasteiger charge is 2.26. The maximum atomic E-state index is 13.4. The first-order chi connectivity index (χ1) is 13.0. The summed E-state index contributed by atoms with van der Waals surface area (Å²) in [5.41, 5.74) is 4.20. The van der Waals surface area contributed by atoms with Crippen molar-refractivity contribution >= 4 is 16.8 Å². The van der Waals surface area contributed by atoms with E-state index in [1.807, 2.05) is 43.0 Å². The summed E-state index contributed by atoms with van der Waals surface area (Å²) in [5, 5.41) is 0.912. The third kappa shape index (κ3) is 3.29. The quantitative estimate of drug-likeness (QED) is 0.683. The number of carbonyl (C=O) groups is 1. The van der Waals surface area contributed by atoms with Crippen LogP contribution in [0.4, 0.5) is 0 Å². The Kier molecular flexibility index (Phi) is 4.60. The summed E-state index contributed by atoms with van der Waals surface area (Å²) in [6.45, 7) is 6.84. The van der Waals surface area contributed by atoms with Crippen LogP contribution in [0.5, 0.6) is 0 Å². The Balaban J connectivity index is 1.89. The van der Waals surface area contributed by atoms with Crippen molar-refractivity contribution in [3.63, 3.8) is 0 Å². The normalized spacial score (nSPS) is 17.3. The van der Waals surface area contributed by atoms with Crippen LogP contribution in [0.1, 0.15) is 47.9 Å². The van der Waals surface area contributed by atoms with Crippen LogP contribution in [0.15, 0.2) is 36.7 Å². The number of benzene rings is 1. The van der Waals surface area contributed by atoms with Gasteiger partial charge >= 0.3 is 0 Å². The fourth-order valence-electron chi connectivity index (χ4n) is 3.80. The standard InChI is InChI=1S/C22H24N4O/c1-14-7-6-9-18-19(22(27)26-10-5-4-8-15(26)2)11-20(25-21(14)18)17-12-23-16(3)24-13-17/h6-7,9,11-13,15H,4-5,8,10H2,1-3H3/t15-/m1/s1. The fraction of sp³-hybridized carbons (Fsp3) is 0.364. The van der Waals surface area contributed by atoms with Crippen molar-refractivity contribution in [2.24, 2.45) is 0 Å². The molecule has 1 aliphatic rings. The van der Waals surface area contributed by atoms with Crippen LogP contribution in [0, 0.1) is 13.8 Å². The number of aromatic nitrogens is 3. The molecule has 1 saturated heterocycles. The van der Waals surface area contributed by atoms with Crippen molar-refractivity contribution < 1.29 is 4.79 Å². The highest BCUT2D eigenvalue weighted by molar-refractivity contribution is 6.07. The lowest BCUT2D eigenvalue weighted by Crippen LogP contribution is -2.42. The van der Waals surface area contributed by atoms with Gasteiger partial charge in [0.05, 0.1) is 16.8 Å². The first-order valence-electron chi connectivity index (χ1n) is 9.55. The van der Waals surface area contributed by atoms with Gasteiger partial charge in [-0.1, -0.05) is 18.2 Å². The van der Waals surface area contributed by atoms with E-state index in [1.165, 1.54) is 6.42 Å². The van der Waals surface area contributed by atoms with Crippen LogP contribution in [-0.4, -0.2) is 38.3 Å². The summed E-state index contributed by atoms with van der Waals surface area (Å²) in [7, 11) is 0. The van der Waals surface area contributed by atoms with Crippen molar-refractivity contribution in [1.29, 1.82) is 0 Å². The molecule has 138 valence electrons. The van der Waals surface area contributed by atoms with E-state index in [1.54, 1.807) is 12.4 Å². The molecule has 0 spiro atoms. The van der Waals surface area contributed by atoms with E-state index in [-0.39, 0.29) is 11.9 Å². The fourth-order valence-corrected chi connectivity index (χ4v) is 3.80. The molecule has 1 aromatic carbocycles. The molecule has 4 rings (SSSR count). The van der Waals surface area contributed by atoms with Crippen molar-refractivity contribution in [3.8, 4) is 11.3 Å². The molecule has 0 radical (unpaired) electrons. The van der Waals surface area contributed by atoms with Crippen molar-refractivity contribution in [2.75, 3.05) is 6.54 Å². The lowest BCUT2D eigenvalue weighted by molar-refractivity contribution is 0.0637. The summed E-state index contributed by atoms with van der Waals surface area (Å²) in [6.07, 6.45) is 6.86. The predicted molar refractivity (Wildman–Crippen MR) is 107 cm³/mol. The van der Waals surface area contributed by atoms with Crippen LogP contribution in [0.2, 0.25) is 0 Å². The van der Waals surface area contributed by atoms with E-state index in [0.717, 1.165) is 47.1 Å². The largest absolute Gasteiger partial charge is 0.336 e. The number of rotatable bonds is 2. The first-order valence-corrected chi connectivity index (χ1v) is 9.55. The van der Waals surface area contributed by atoms with E-state index < -0.39 is 0 Å². The maximum absolute atomic E-state index is 13.4. The van der Waals surface area contributed by atoms with Gasteiger partial charge in [0.25, 0.3) is 5.91 Å². The van der Waals surface area contributed by atoms with Crippen molar-refractivity contribution in [2.45, 2.75) is 46.1 Å². The van der Waals surface area contributed by atoms with Gasteiger partial charge in [0.1, 0.15) is 5.82 Å². The number of likely N-dealkylation sites (tertiary alicyclic amines) is 1. The second-order valence-electron chi connectivity index (χ2n) is 7.39. The average molecular weight is 360 g/mol. The molecule has 0 saturated carbocycles. The zero-order valence-corrected chi connectivity index (χ0v) is 16.1. The number of carbonyl (C=O) groups excluding carboxylic acids is 1. The summed E-state index contributed by atoms with van der Waals surface area (Å²) in [4.78, 5) is 28.9. The number of pyridine rings is 1. The van der Waals surface area contributed by atoms with E-state index >= 15 is 0 Å². The number of piperidine rings is 1. The molecule has 1 aliphatic heterocycles. The van der Waals surface area contributed by atoms with Crippen LogP contribution >= 0.6 is 0 Å². The van der Waals surface area contributed by atoms with Crippen molar-refractivity contribution in [3.05, 3.63) is 53.6 Å². The minimum absolute atomic E-state index is 0.0921. The molecule has 3 heterocycles. The number of aryl methyl sites for hydroxylation is 2. The monoisotopic (exact) mass is 360 g/mol. The molecular weight excluding hydrogens is 336 g/mol. The van der Waals surface area contributed by atoms with Gasteiger partial charge in [-0.15, -0.1) is 0 Å². The third-order valence-corrected chi connectivity index (χ3v) is 5.41. The molecule has 3 aromatic rings. The molecular formula is C22H24N4O. The van der Waals surface area contributed by atoms with E-state index in [9.17, 15) is 4.79 Å². The molecule has 0 unspecified atom stereocenters. The van der Waals surface area contributed by atoms with Gasteiger partial charge in [-0.25, -0.2) is 15.0 Å². The van der Waals surface area contributed by atoms with Gasteiger partial charge in [-0.3, -0.25) is 4.79 Å². The molecule has 1 amide bonds. The Morgan fingerprint density at radius 3 is 2.67 bits per heavy atom. The SMILES string of the molecule is Cc1ncc(-c2cc(C(=O)N3CCCC[C@H]3C)c3cccc(C)c3n2)cn1. The van der Waals surface area contributed by atoms with E-state index in [0.29, 0.717) is 11.4 Å². The lowest BCUT2D eigenvalue weighted by Gasteiger charge is -2.33. The van der Waals surface area contributed by atoms with Gasteiger partial charge in [0.2, 0.25) is 0 Å².